The lowest BCUT2D eigenvalue weighted by molar-refractivity contribution is 0.0369. The van der Waals surface area contributed by atoms with Crippen molar-refractivity contribution in [2.45, 2.75) is 31.8 Å². The number of nitrogens with one attached hydrogen (secondary N) is 1. The summed E-state index contributed by atoms with van der Waals surface area (Å²) in [6, 6.07) is 6.43. The van der Waals surface area contributed by atoms with Gasteiger partial charge in [-0.15, -0.1) is 0 Å². The van der Waals surface area contributed by atoms with Crippen molar-refractivity contribution in [1.29, 1.82) is 0 Å². The number of fused-ring (bicyclic) bond motifs is 1. The number of halogens is 1. The molecule has 1 aromatic heterocycles. The molecule has 2 fully saturated rings. The number of hydrogen-bond acceptors (Lipinski definition) is 4. The van der Waals surface area contributed by atoms with Gasteiger partial charge in [0.2, 0.25) is 0 Å². The summed E-state index contributed by atoms with van der Waals surface area (Å²) in [5.74, 6) is 1.17. The first-order valence-corrected chi connectivity index (χ1v) is 9.38. The molecule has 0 bridgehead atoms. The molecular weight excluding hydrogens is 324 g/mol. The molecule has 2 aliphatic heterocycles. The van der Waals surface area contributed by atoms with E-state index >= 15 is 0 Å². The maximum absolute atomic E-state index is 6.16. The van der Waals surface area contributed by atoms with Crippen LogP contribution in [-0.2, 0) is 11.3 Å². The predicted molar refractivity (Wildman–Crippen MR) is 96.6 cm³/mol. The van der Waals surface area contributed by atoms with E-state index in [0.29, 0.717) is 6.04 Å². The van der Waals surface area contributed by atoms with Crippen molar-refractivity contribution >= 4 is 22.6 Å². The van der Waals surface area contributed by atoms with Gasteiger partial charge in [0.15, 0.2) is 0 Å². The molecule has 0 aliphatic carbocycles. The Morgan fingerprint density at radius 1 is 1.25 bits per heavy atom. The Hall–Kier alpha value is -1.14. The second kappa shape index (κ2) is 7.40. The Morgan fingerprint density at radius 3 is 2.92 bits per heavy atom. The van der Waals surface area contributed by atoms with Gasteiger partial charge in [0, 0.05) is 31.2 Å². The van der Waals surface area contributed by atoms with Crippen LogP contribution >= 0.6 is 11.6 Å². The van der Waals surface area contributed by atoms with Gasteiger partial charge in [0.1, 0.15) is 5.82 Å². The van der Waals surface area contributed by atoms with E-state index in [2.05, 4.69) is 20.9 Å². The van der Waals surface area contributed by atoms with Crippen LogP contribution in [0.3, 0.4) is 0 Å². The van der Waals surface area contributed by atoms with Crippen LogP contribution in [0.2, 0.25) is 5.02 Å². The van der Waals surface area contributed by atoms with Crippen molar-refractivity contribution in [2.24, 2.45) is 0 Å². The third kappa shape index (κ3) is 3.45. The average molecular weight is 349 g/mol. The molecule has 0 amide bonds. The molecular formula is C18H25ClN4O. The molecule has 2 aliphatic rings. The molecule has 130 valence electrons. The zero-order valence-electron chi connectivity index (χ0n) is 14.0. The highest BCUT2D eigenvalue weighted by atomic mass is 35.5. The number of ether oxygens (including phenoxy) is 1. The Labute approximate surface area is 147 Å². The van der Waals surface area contributed by atoms with Crippen LogP contribution in [-0.4, -0.2) is 53.8 Å². The maximum atomic E-state index is 6.16. The van der Waals surface area contributed by atoms with Crippen LogP contribution in [0.4, 0.5) is 0 Å². The van der Waals surface area contributed by atoms with Gasteiger partial charge < -0.3 is 14.6 Å². The lowest BCUT2D eigenvalue weighted by Crippen LogP contribution is -2.37. The summed E-state index contributed by atoms with van der Waals surface area (Å²) in [6.07, 6.45) is 3.52. The van der Waals surface area contributed by atoms with E-state index in [-0.39, 0.29) is 0 Å². The lowest BCUT2D eigenvalue weighted by atomic mass is 10.2. The van der Waals surface area contributed by atoms with Gasteiger partial charge in [-0.3, -0.25) is 4.90 Å². The van der Waals surface area contributed by atoms with E-state index in [1.165, 1.54) is 24.2 Å². The summed E-state index contributed by atoms with van der Waals surface area (Å²) in [5.41, 5.74) is 2.21. The van der Waals surface area contributed by atoms with E-state index in [1.807, 2.05) is 12.1 Å². The highest BCUT2D eigenvalue weighted by molar-refractivity contribution is 6.31. The number of hydrogen-bond donors (Lipinski definition) is 1. The smallest absolute Gasteiger partial charge is 0.127 e. The monoisotopic (exact) mass is 348 g/mol. The molecule has 2 aromatic rings. The minimum atomic E-state index is 0.375. The van der Waals surface area contributed by atoms with Crippen LogP contribution in [0.1, 0.15) is 31.1 Å². The Balaban J connectivity index is 1.53. The van der Waals surface area contributed by atoms with Gasteiger partial charge in [-0.2, -0.15) is 0 Å². The molecule has 1 aromatic carbocycles. The number of benzene rings is 1. The molecule has 2 saturated heterocycles. The number of aromatic nitrogens is 2. The molecule has 6 heteroatoms. The maximum Gasteiger partial charge on any atom is 0.127 e. The van der Waals surface area contributed by atoms with Crippen molar-refractivity contribution in [1.82, 2.24) is 19.8 Å². The molecule has 4 rings (SSSR count). The van der Waals surface area contributed by atoms with E-state index in [1.54, 1.807) is 0 Å². The highest BCUT2D eigenvalue weighted by Gasteiger charge is 2.23. The number of imidazole rings is 1. The SMILES string of the molecule is Clc1ccc2c(c1)nc(C1CCCN1)n2CCCN1CCOCC1. The first kappa shape index (κ1) is 16.3. The first-order chi connectivity index (χ1) is 11.8. The van der Waals surface area contributed by atoms with E-state index < -0.39 is 0 Å². The number of aryl methyl sites for hydroxylation is 1. The fourth-order valence-corrected chi connectivity index (χ4v) is 3.97. The number of morpholine rings is 1. The van der Waals surface area contributed by atoms with Gasteiger partial charge in [-0.05, 0) is 44.0 Å². The number of rotatable bonds is 5. The second-order valence-electron chi connectivity index (χ2n) is 6.71. The van der Waals surface area contributed by atoms with Gasteiger partial charge in [0.25, 0.3) is 0 Å². The Kier molecular flexibility index (Phi) is 5.03. The second-order valence-corrected chi connectivity index (χ2v) is 7.15. The van der Waals surface area contributed by atoms with Crippen molar-refractivity contribution in [3.05, 3.63) is 29.0 Å². The van der Waals surface area contributed by atoms with Crippen LogP contribution in [0.15, 0.2) is 18.2 Å². The van der Waals surface area contributed by atoms with Crippen LogP contribution in [0, 0.1) is 0 Å². The first-order valence-electron chi connectivity index (χ1n) is 9.00. The summed E-state index contributed by atoms with van der Waals surface area (Å²) >= 11 is 6.16. The average Bonchev–Trinajstić information content (AvgIpc) is 3.23. The minimum Gasteiger partial charge on any atom is -0.379 e. The van der Waals surface area contributed by atoms with E-state index in [9.17, 15) is 0 Å². The lowest BCUT2D eigenvalue weighted by Gasteiger charge is -2.26. The standard InChI is InChI=1S/C18H25ClN4O/c19-14-4-5-17-16(13-14)21-18(15-3-1-6-20-15)23(17)8-2-7-22-9-11-24-12-10-22/h4-5,13,15,20H,1-3,6-12H2. The van der Waals surface area contributed by atoms with Gasteiger partial charge in [-0.1, -0.05) is 11.6 Å². The summed E-state index contributed by atoms with van der Waals surface area (Å²) < 4.78 is 7.83. The zero-order chi connectivity index (χ0) is 16.4. The van der Waals surface area contributed by atoms with Gasteiger partial charge >= 0.3 is 0 Å². The van der Waals surface area contributed by atoms with E-state index in [4.69, 9.17) is 21.3 Å². The van der Waals surface area contributed by atoms with Gasteiger partial charge in [0.05, 0.1) is 30.3 Å². The third-order valence-electron chi connectivity index (χ3n) is 5.07. The highest BCUT2D eigenvalue weighted by Crippen LogP contribution is 2.28. The fraction of sp³-hybridized carbons (Fsp3) is 0.611. The van der Waals surface area contributed by atoms with Crippen LogP contribution in [0.25, 0.3) is 11.0 Å². The third-order valence-corrected chi connectivity index (χ3v) is 5.31. The predicted octanol–water partition coefficient (Wildman–Crippen LogP) is 2.84. The summed E-state index contributed by atoms with van der Waals surface area (Å²) in [5, 5.41) is 4.34. The molecule has 1 atom stereocenters. The quantitative estimate of drug-likeness (QED) is 0.902. The summed E-state index contributed by atoms with van der Waals surface area (Å²) in [6.45, 7) is 7.04. The van der Waals surface area contributed by atoms with Crippen LogP contribution in [0.5, 0.6) is 0 Å². The summed E-state index contributed by atoms with van der Waals surface area (Å²) in [4.78, 5) is 7.40. The molecule has 1 N–H and O–H groups in total. The normalized spacial score (nSPS) is 22.5. The van der Waals surface area contributed by atoms with Crippen molar-refractivity contribution in [3.8, 4) is 0 Å². The Bertz CT molecular complexity index is 690. The molecule has 0 saturated carbocycles. The molecule has 0 spiro atoms. The van der Waals surface area contributed by atoms with Crippen molar-refractivity contribution in [3.63, 3.8) is 0 Å². The zero-order valence-corrected chi connectivity index (χ0v) is 14.8. The van der Waals surface area contributed by atoms with Crippen molar-refractivity contribution < 1.29 is 4.74 Å². The fourth-order valence-electron chi connectivity index (χ4n) is 3.80. The topological polar surface area (TPSA) is 42.3 Å². The van der Waals surface area contributed by atoms with Gasteiger partial charge in [-0.25, -0.2) is 4.98 Å². The van der Waals surface area contributed by atoms with E-state index in [0.717, 1.165) is 62.9 Å². The van der Waals surface area contributed by atoms with Crippen molar-refractivity contribution in [2.75, 3.05) is 39.4 Å². The number of nitrogens with zero attached hydrogens (tertiary/aromatic N) is 3. The molecule has 1 unspecified atom stereocenters. The minimum absolute atomic E-state index is 0.375. The molecule has 24 heavy (non-hydrogen) atoms. The summed E-state index contributed by atoms with van der Waals surface area (Å²) in [7, 11) is 0. The Morgan fingerprint density at radius 2 is 2.12 bits per heavy atom. The molecule has 0 radical (unpaired) electrons. The molecule has 5 nitrogen and oxygen atoms in total. The van der Waals surface area contributed by atoms with Crippen LogP contribution < -0.4 is 5.32 Å². The molecule has 3 heterocycles. The largest absolute Gasteiger partial charge is 0.379 e.